The zero-order valence-electron chi connectivity index (χ0n) is 18.7. The number of aromatic nitrogens is 1. The van der Waals surface area contributed by atoms with Gasteiger partial charge in [0.25, 0.3) is 0 Å². The van der Waals surface area contributed by atoms with Crippen molar-refractivity contribution in [2.75, 3.05) is 28.2 Å². The van der Waals surface area contributed by atoms with Gasteiger partial charge in [-0.3, -0.25) is 4.98 Å². The molecule has 0 amide bonds. The molecule has 3 rings (SSSR count). The molecule has 0 saturated heterocycles. The van der Waals surface area contributed by atoms with Crippen LogP contribution in [0.5, 0.6) is 0 Å². The van der Waals surface area contributed by atoms with Gasteiger partial charge in [-0.1, -0.05) is 83.3 Å². The summed E-state index contributed by atoms with van der Waals surface area (Å²) in [5, 5.41) is 0. The summed E-state index contributed by atoms with van der Waals surface area (Å²) in [6.45, 7) is 0. The molecule has 0 aliphatic rings. The van der Waals surface area contributed by atoms with Crippen LogP contribution in [0.1, 0.15) is 32.7 Å². The number of halogens is 1. The normalized spacial score (nSPS) is 13.1. The van der Waals surface area contributed by atoms with Crippen molar-refractivity contribution in [3.8, 4) is 0 Å². The Morgan fingerprint density at radius 2 is 1.42 bits per heavy atom. The molecule has 3 nitrogen and oxygen atoms in total. The van der Waals surface area contributed by atoms with E-state index in [1.54, 1.807) is 0 Å². The predicted molar refractivity (Wildman–Crippen MR) is 142 cm³/mol. The molecular weight excluding hydrogens is 493 g/mol. The standard InChI is InChI=1S/C27H30IN3/c1-30(2)24(17-21-11-7-5-8-12-21)20-25(28)26-19-23(15-16-29-26)27(31(3)4)18-22-13-9-6-10-14-22/h5-19,25H,20H2,1-4H3. The minimum absolute atomic E-state index is 0.273. The number of allylic oxidation sites excluding steroid dienone is 1. The molecule has 0 fully saturated rings. The van der Waals surface area contributed by atoms with Crippen molar-refractivity contribution in [2.24, 2.45) is 0 Å². The van der Waals surface area contributed by atoms with E-state index in [9.17, 15) is 0 Å². The lowest BCUT2D eigenvalue weighted by molar-refractivity contribution is 0.491. The smallest absolute Gasteiger partial charge is 0.0587 e. The summed E-state index contributed by atoms with van der Waals surface area (Å²) in [7, 11) is 8.38. The van der Waals surface area contributed by atoms with E-state index in [4.69, 9.17) is 4.98 Å². The molecule has 3 aromatic rings. The molecule has 1 heterocycles. The minimum Gasteiger partial charge on any atom is -0.381 e. The van der Waals surface area contributed by atoms with Crippen LogP contribution in [-0.2, 0) is 0 Å². The Balaban J connectivity index is 1.87. The van der Waals surface area contributed by atoms with Crippen LogP contribution in [0.15, 0.2) is 84.7 Å². The Morgan fingerprint density at radius 3 is 1.97 bits per heavy atom. The maximum absolute atomic E-state index is 4.71. The minimum atomic E-state index is 0.273. The third-order valence-corrected chi connectivity index (χ3v) is 6.16. The highest BCUT2D eigenvalue weighted by atomic mass is 127. The molecule has 1 unspecified atom stereocenters. The topological polar surface area (TPSA) is 19.4 Å². The fourth-order valence-corrected chi connectivity index (χ4v) is 4.15. The molecular formula is C27H30IN3. The van der Waals surface area contributed by atoms with Crippen LogP contribution in [0.2, 0.25) is 0 Å². The fourth-order valence-electron chi connectivity index (χ4n) is 3.36. The van der Waals surface area contributed by atoms with E-state index in [1.165, 1.54) is 28.1 Å². The van der Waals surface area contributed by atoms with Gasteiger partial charge >= 0.3 is 0 Å². The Hall–Kier alpha value is -2.60. The second-order valence-corrected chi connectivity index (χ2v) is 9.42. The first-order valence-electron chi connectivity index (χ1n) is 10.4. The van der Waals surface area contributed by atoms with Crippen LogP contribution in [0.4, 0.5) is 0 Å². The van der Waals surface area contributed by atoms with Crippen molar-refractivity contribution in [3.63, 3.8) is 0 Å². The van der Waals surface area contributed by atoms with Crippen molar-refractivity contribution in [3.05, 3.63) is 107 Å². The van der Waals surface area contributed by atoms with E-state index in [-0.39, 0.29) is 3.92 Å². The molecule has 2 aromatic carbocycles. The van der Waals surface area contributed by atoms with Gasteiger partial charge in [0.1, 0.15) is 0 Å². The van der Waals surface area contributed by atoms with E-state index in [2.05, 4.69) is 139 Å². The van der Waals surface area contributed by atoms with E-state index < -0.39 is 0 Å². The second kappa shape index (κ2) is 11.1. The summed E-state index contributed by atoms with van der Waals surface area (Å²) in [5.74, 6) is 0. The average Bonchev–Trinajstić information content (AvgIpc) is 2.78. The molecule has 0 aliphatic carbocycles. The fraction of sp³-hybridized carbons (Fsp3) is 0.222. The van der Waals surface area contributed by atoms with Gasteiger partial charge in [0.15, 0.2) is 0 Å². The number of rotatable bonds is 8. The lowest BCUT2D eigenvalue weighted by Crippen LogP contribution is -2.13. The SMILES string of the molecule is CN(C)C(=Cc1ccccc1)CC(I)c1cc(C(=Cc2ccccc2)N(C)C)ccn1. The molecule has 31 heavy (non-hydrogen) atoms. The first-order valence-corrected chi connectivity index (χ1v) is 11.7. The Kier molecular flexibility index (Phi) is 8.29. The van der Waals surface area contributed by atoms with Gasteiger partial charge in [-0.2, -0.15) is 0 Å². The number of alkyl halides is 1. The van der Waals surface area contributed by atoms with Gasteiger partial charge in [0.2, 0.25) is 0 Å². The second-order valence-electron chi connectivity index (χ2n) is 7.92. The Bertz CT molecular complexity index is 1020. The van der Waals surface area contributed by atoms with Gasteiger partial charge in [-0.15, -0.1) is 0 Å². The summed E-state index contributed by atoms with van der Waals surface area (Å²) in [6.07, 6.45) is 7.32. The van der Waals surface area contributed by atoms with E-state index in [0.29, 0.717) is 0 Å². The average molecular weight is 523 g/mol. The summed E-state index contributed by atoms with van der Waals surface area (Å²) >= 11 is 2.52. The maximum atomic E-state index is 4.71. The number of hydrogen-bond acceptors (Lipinski definition) is 3. The van der Waals surface area contributed by atoms with Gasteiger partial charge < -0.3 is 9.80 Å². The van der Waals surface area contributed by atoms with E-state index >= 15 is 0 Å². The van der Waals surface area contributed by atoms with Gasteiger partial charge in [-0.25, -0.2) is 0 Å². The molecule has 1 aromatic heterocycles. The highest BCUT2D eigenvalue weighted by Gasteiger charge is 2.15. The van der Waals surface area contributed by atoms with Crippen molar-refractivity contribution in [1.82, 2.24) is 14.8 Å². The van der Waals surface area contributed by atoms with Crippen LogP contribution in [0, 0.1) is 0 Å². The zero-order valence-corrected chi connectivity index (χ0v) is 20.8. The highest BCUT2D eigenvalue weighted by molar-refractivity contribution is 14.1. The summed E-state index contributed by atoms with van der Waals surface area (Å²) in [5.41, 5.74) is 7.14. The van der Waals surface area contributed by atoms with E-state index in [1.807, 2.05) is 12.3 Å². The van der Waals surface area contributed by atoms with Crippen molar-refractivity contribution in [2.45, 2.75) is 10.3 Å². The van der Waals surface area contributed by atoms with Crippen LogP contribution >= 0.6 is 22.6 Å². The molecule has 0 aliphatic heterocycles. The lowest BCUT2D eigenvalue weighted by atomic mass is 10.0. The number of nitrogens with zero attached hydrogens (tertiary/aromatic N) is 3. The van der Waals surface area contributed by atoms with Crippen LogP contribution < -0.4 is 0 Å². The molecule has 1 atom stereocenters. The molecule has 160 valence electrons. The van der Waals surface area contributed by atoms with Crippen molar-refractivity contribution >= 4 is 40.4 Å². The first kappa shape index (κ1) is 23.1. The molecule has 0 N–H and O–H groups in total. The Labute approximate surface area is 200 Å². The van der Waals surface area contributed by atoms with Crippen LogP contribution in [0.3, 0.4) is 0 Å². The molecule has 0 saturated carbocycles. The lowest BCUT2D eigenvalue weighted by Gasteiger charge is -2.22. The number of benzene rings is 2. The molecule has 0 radical (unpaired) electrons. The quantitative estimate of drug-likeness (QED) is 0.245. The Morgan fingerprint density at radius 1 is 0.839 bits per heavy atom. The predicted octanol–water partition coefficient (Wildman–Crippen LogP) is 6.61. The van der Waals surface area contributed by atoms with Gasteiger partial charge in [-0.05, 0) is 35.4 Å². The zero-order chi connectivity index (χ0) is 22.2. The summed E-state index contributed by atoms with van der Waals surface area (Å²) in [6, 6.07) is 25.2. The number of hydrogen-bond donors (Lipinski definition) is 0. The highest BCUT2D eigenvalue weighted by Crippen LogP contribution is 2.32. The van der Waals surface area contributed by atoms with Gasteiger partial charge in [0.05, 0.1) is 9.62 Å². The largest absolute Gasteiger partial charge is 0.381 e. The first-order chi connectivity index (χ1) is 14.9. The third-order valence-electron chi connectivity index (χ3n) is 5.08. The van der Waals surface area contributed by atoms with Crippen molar-refractivity contribution in [1.29, 1.82) is 0 Å². The monoisotopic (exact) mass is 523 g/mol. The molecule has 4 heteroatoms. The van der Waals surface area contributed by atoms with Crippen LogP contribution in [-0.4, -0.2) is 43.0 Å². The molecule has 0 spiro atoms. The van der Waals surface area contributed by atoms with Gasteiger partial charge in [0, 0.05) is 57.8 Å². The van der Waals surface area contributed by atoms with Crippen LogP contribution in [0.25, 0.3) is 17.8 Å². The summed E-state index contributed by atoms with van der Waals surface area (Å²) in [4.78, 5) is 9.07. The van der Waals surface area contributed by atoms with Crippen molar-refractivity contribution < 1.29 is 0 Å². The van der Waals surface area contributed by atoms with E-state index in [0.717, 1.165) is 12.1 Å². The number of pyridine rings is 1. The maximum Gasteiger partial charge on any atom is 0.0587 e. The third kappa shape index (κ3) is 6.69. The summed E-state index contributed by atoms with van der Waals surface area (Å²) < 4.78 is 0.273. The molecule has 0 bridgehead atoms.